The number of rotatable bonds is 3. The minimum absolute atomic E-state index is 0.0162. The first-order valence-electron chi connectivity index (χ1n) is 7.04. The van der Waals surface area contributed by atoms with Crippen molar-refractivity contribution >= 4 is 5.91 Å². The number of aryl methyl sites for hydroxylation is 1. The maximum atomic E-state index is 12.5. The molecule has 21 heavy (non-hydrogen) atoms. The van der Waals surface area contributed by atoms with E-state index in [0.29, 0.717) is 6.54 Å². The molecule has 1 N–H and O–H groups in total. The van der Waals surface area contributed by atoms with E-state index in [-0.39, 0.29) is 11.8 Å². The molecule has 3 atom stereocenters. The molecule has 2 aromatic rings. The van der Waals surface area contributed by atoms with E-state index in [1.54, 1.807) is 24.5 Å². The number of nitrogens with zero attached hydrogens (tertiary/aromatic N) is 3. The standard InChI is InChI=1S/C16H19N3O2/c1-18-9-12(13-8-17-10-19(13)2)14(16(18)21)15(20)11-6-4-3-5-7-11/h3-8,10,12,14-15,20H,9H2,1-2H3. The minimum Gasteiger partial charge on any atom is -0.388 e. The molecule has 3 rings (SSSR count). The van der Waals surface area contributed by atoms with Gasteiger partial charge in [0.1, 0.15) is 0 Å². The topological polar surface area (TPSA) is 58.4 Å². The molecule has 1 amide bonds. The molecule has 1 saturated heterocycles. The zero-order valence-corrected chi connectivity index (χ0v) is 12.2. The Balaban J connectivity index is 1.97. The summed E-state index contributed by atoms with van der Waals surface area (Å²) in [6, 6.07) is 9.37. The third-order valence-electron chi connectivity index (χ3n) is 4.28. The monoisotopic (exact) mass is 285 g/mol. The lowest BCUT2D eigenvalue weighted by atomic mass is 9.85. The molecular formula is C16H19N3O2. The summed E-state index contributed by atoms with van der Waals surface area (Å²) in [5.74, 6) is -0.532. The van der Waals surface area contributed by atoms with Crippen LogP contribution in [0.25, 0.3) is 0 Å². The fraction of sp³-hybridized carbons (Fsp3) is 0.375. The molecular weight excluding hydrogens is 266 g/mol. The van der Waals surface area contributed by atoms with Gasteiger partial charge < -0.3 is 14.6 Å². The van der Waals surface area contributed by atoms with Gasteiger partial charge >= 0.3 is 0 Å². The van der Waals surface area contributed by atoms with E-state index >= 15 is 0 Å². The molecule has 1 fully saturated rings. The summed E-state index contributed by atoms with van der Waals surface area (Å²) >= 11 is 0. The number of likely N-dealkylation sites (N-methyl/N-ethyl adjacent to an activating group) is 1. The average molecular weight is 285 g/mol. The van der Waals surface area contributed by atoms with E-state index in [2.05, 4.69) is 4.98 Å². The SMILES string of the molecule is CN1CC(c2cncn2C)C(C(O)c2ccccc2)C1=O. The lowest BCUT2D eigenvalue weighted by Gasteiger charge is -2.22. The quantitative estimate of drug-likeness (QED) is 0.925. The van der Waals surface area contributed by atoms with Gasteiger partial charge in [0.05, 0.1) is 18.3 Å². The van der Waals surface area contributed by atoms with Crippen LogP contribution in [0, 0.1) is 5.92 Å². The van der Waals surface area contributed by atoms with Gasteiger partial charge in [0.15, 0.2) is 0 Å². The van der Waals surface area contributed by atoms with E-state index in [1.165, 1.54) is 0 Å². The summed E-state index contributed by atoms with van der Waals surface area (Å²) in [7, 11) is 3.69. The number of likely N-dealkylation sites (tertiary alicyclic amines) is 1. The lowest BCUT2D eigenvalue weighted by Crippen LogP contribution is -2.27. The second-order valence-electron chi connectivity index (χ2n) is 5.64. The van der Waals surface area contributed by atoms with Gasteiger partial charge in [-0.05, 0) is 5.56 Å². The number of aromatic nitrogens is 2. The fourth-order valence-corrected chi connectivity index (χ4v) is 3.14. The highest BCUT2D eigenvalue weighted by atomic mass is 16.3. The predicted molar refractivity (Wildman–Crippen MR) is 78.5 cm³/mol. The maximum absolute atomic E-state index is 12.5. The highest BCUT2D eigenvalue weighted by Crippen LogP contribution is 2.40. The number of hydrogen-bond acceptors (Lipinski definition) is 3. The molecule has 0 radical (unpaired) electrons. The summed E-state index contributed by atoms with van der Waals surface area (Å²) in [4.78, 5) is 18.3. The Morgan fingerprint density at radius 2 is 2.00 bits per heavy atom. The van der Waals surface area contributed by atoms with Crippen molar-refractivity contribution in [2.75, 3.05) is 13.6 Å². The molecule has 1 aromatic heterocycles. The zero-order valence-electron chi connectivity index (χ0n) is 12.2. The second-order valence-corrected chi connectivity index (χ2v) is 5.64. The number of imidazole rings is 1. The summed E-state index contributed by atoms with van der Waals surface area (Å²) < 4.78 is 1.92. The van der Waals surface area contributed by atoms with Crippen LogP contribution < -0.4 is 0 Å². The molecule has 1 aliphatic rings. The van der Waals surface area contributed by atoms with E-state index in [9.17, 15) is 9.90 Å². The van der Waals surface area contributed by atoms with Crippen LogP contribution in [0.3, 0.4) is 0 Å². The molecule has 110 valence electrons. The summed E-state index contributed by atoms with van der Waals surface area (Å²) in [6.07, 6.45) is 2.70. The molecule has 3 unspecified atom stereocenters. The van der Waals surface area contributed by atoms with Crippen molar-refractivity contribution < 1.29 is 9.90 Å². The second kappa shape index (κ2) is 5.33. The van der Waals surface area contributed by atoms with Crippen molar-refractivity contribution in [1.29, 1.82) is 0 Å². The smallest absolute Gasteiger partial charge is 0.229 e. The summed E-state index contributed by atoms with van der Waals surface area (Å²) in [5.41, 5.74) is 1.76. The van der Waals surface area contributed by atoms with Gasteiger partial charge in [-0.1, -0.05) is 30.3 Å². The highest BCUT2D eigenvalue weighted by molar-refractivity contribution is 5.83. The molecule has 1 aromatic carbocycles. The van der Waals surface area contributed by atoms with E-state index < -0.39 is 12.0 Å². The first-order chi connectivity index (χ1) is 10.1. The van der Waals surface area contributed by atoms with Crippen LogP contribution in [0.15, 0.2) is 42.9 Å². The van der Waals surface area contributed by atoms with Gasteiger partial charge in [0.25, 0.3) is 0 Å². The van der Waals surface area contributed by atoms with Crippen molar-refractivity contribution in [2.24, 2.45) is 13.0 Å². The lowest BCUT2D eigenvalue weighted by molar-refractivity contribution is -0.133. The average Bonchev–Trinajstić information content (AvgIpc) is 3.04. The Kier molecular flexibility index (Phi) is 3.51. The molecule has 0 spiro atoms. The van der Waals surface area contributed by atoms with E-state index in [1.807, 2.05) is 41.9 Å². The normalized spacial score (nSPS) is 23.6. The number of benzene rings is 1. The molecule has 0 bridgehead atoms. The zero-order chi connectivity index (χ0) is 15.0. The molecule has 1 aliphatic heterocycles. The molecule has 0 saturated carbocycles. The van der Waals surface area contributed by atoms with Crippen LogP contribution >= 0.6 is 0 Å². The number of carbonyl (C=O) groups excluding carboxylic acids is 1. The van der Waals surface area contributed by atoms with Crippen molar-refractivity contribution in [2.45, 2.75) is 12.0 Å². The van der Waals surface area contributed by atoms with Crippen molar-refractivity contribution in [3.05, 3.63) is 54.1 Å². The number of aliphatic hydroxyl groups is 1. The number of amides is 1. The Labute approximate surface area is 123 Å². The van der Waals surface area contributed by atoms with Gasteiger partial charge in [-0.25, -0.2) is 4.98 Å². The van der Waals surface area contributed by atoms with Gasteiger partial charge in [-0.2, -0.15) is 0 Å². The summed E-state index contributed by atoms with van der Waals surface area (Å²) in [5, 5.41) is 10.7. The molecule has 5 nitrogen and oxygen atoms in total. The van der Waals surface area contributed by atoms with Crippen molar-refractivity contribution in [3.63, 3.8) is 0 Å². The Hall–Kier alpha value is -2.14. The fourth-order valence-electron chi connectivity index (χ4n) is 3.14. The van der Waals surface area contributed by atoms with Crippen LogP contribution in [0.2, 0.25) is 0 Å². The Morgan fingerprint density at radius 1 is 1.29 bits per heavy atom. The molecule has 5 heteroatoms. The highest BCUT2D eigenvalue weighted by Gasteiger charge is 2.45. The summed E-state index contributed by atoms with van der Waals surface area (Å²) in [6.45, 7) is 0.604. The van der Waals surface area contributed by atoms with Crippen LogP contribution in [-0.4, -0.2) is 39.1 Å². The Bertz CT molecular complexity index is 638. The van der Waals surface area contributed by atoms with E-state index in [0.717, 1.165) is 11.3 Å². The third kappa shape index (κ3) is 2.34. The third-order valence-corrected chi connectivity index (χ3v) is 4.28. The number of aliphatic hydroxyl groups excluding tert-OH is 1. The van der Waals surface area contributed by atoms with Crippen molar-refractivity contribution in [3.8, 4) is 0 Å². The van der Waals surface area contributed by atoms with Gasteiger partial charge in [0, 0.05) is 38.4 Å². The predicted octanol–water partition coefficient (Wildman–Crippen LogP) is 1.33. The Morgan fingerprint density at radius 3 is 2.62 bits per heavy atom. The minimum atomic E-state index is -0.802. The largest absolute Gasteiger partial charge is 0.388 e. The first-order valence-corrected chi connectivity index (χ1v) is 7.04. The maximum Gasteiger partial charge on any atom is 0.229 e. The van der Waals surface area contributed by atoms with Gasteiger partial charge in [-0.3, -0.25) is 4.79 Å². The number of hydrogen-bond donors (Lipinski definition) is 1. The first kappa shape index (κ1) is 13.8. The van der Waals surface area contributed by atoms with E-state index in [4.69, 9.17) is 0 Å². The van der Waals surface area contributed by atoms with Gasteiger partial charge in [0.2, 0.25) is 5.91 Å². The van der Waals surface area contributed by atoms with Crippen molar-refractivity contribution in [1.82, 2.24) is 14.5 Å². The van der Waals surface area contributed by atoms with Crippen LogP contribution in [0.1, 0.15) is 23.3 Å². The molecule has 0 aliphatic carbocycles. The van der Waals surface area contributed by atoms with Crippen LogP contribution in [0.5, 0.6) is 0 Å². The van der Waals surface area contributed by atoms with Crippen LogP contribution in [-0.2, 0) is 11.8 Å². The number of carbonyl (C=O) groups is 1. The molecule has 2 heterocycles. The van der Waals surface area contributed by atoms with Gasteiger partial charge in [-0.15, -0.1) is 0 Å². The van der Waals surface area contributed by atoms with Crippen LogP contribution in [0.4, 0.5) is 0 Å².